The Kier molecular flexibility index (Phi) is 6.44. The maximum Gasteiger partial charge on any atom is 0.228 e. The standard InChI is InChI=1S/C24H21N5OS/c1-2-22-25-16-14-21(29-22)20-9-6-15-26-23(20)30-19-12-10-18(11-13-19)28-24(31)27-17-7-4-3-5-8-17/h3-16H,2H2,1H3,(H2,27,28,31). The number of nitrogens with one attached hydrogen (secondary N) is 2. The van der Waals surface area contributed by atoms with Gasteiger partial charge in [0, 0.05) is 30.2 Å². The topological polar surface area (TPSA) is 72.0 Å². The summed E-state index contributed by atoms with van der Waals surface area (Å²) in [6.45, 7) is 2.02. The number of benzene rings is 2. The first kappa shape index (κ1) is 20.4. The number of ether oxygens (including phenoxy) is 1. The molecule has 0 aliphatic heterocycles. The van der Waals surface area contributed by atoms with E-state index in [1.54, 1.807) is 12.4 Å². The average Bonchev–Trinajstić information content (AvgIpc) is 2.81. The average molecular weight is 428 g/mol. The van der Waals surface area contributed by atoms with Gasteiger partial charge in [0.2, 0.25) is 5.88 Å². The lowest BCUT2D eigenvalue weighted by atomic mass is 10.2. The van der Waals surface area contributed by atoms with Gasteiger partial charge in [-0.1, -0.05) is 25.1 Å². The minimum atomic E-state index is 0.491. The lowest BCUT2D eigenvalue weighted by molar-refractivity contribution is 0.465. The van der Waals surface area contributed by atoms with Crippen LogP contribution in [-0.4, -0.2) is 20.1 Å². The molecule has 0 aliphatic carbocycles. The second kappa shape index (κ2) is 9.77. The quantitative estimate of drug-likeness (QED) is 0.382. The molecule has 6 nitrogen and oxygen atoms in total. The number of hydrogen-bond donors (Lipinski definition) is 2. The zero-order valence-corrected chi connectivity index (χ0v) is 17.8. The molecule has 2 aromatic carbocycles. The Morgan fingerprint density at radius 1 is 0.839 bits per heavy atom. The molecule has 0 saturated heterocycles. The highest BCUT2D eigenvalue weighted by Crippen LogP contribution is 2.30. The first-order valence-electron chi connectivity index (χ1n) is 9.89. The van der Waals surface area contributed by atoms with Crippen molar-refractivity contribution >= 4 is 28.7 Å². The van der Waals surface area contributed by atoms with Crippen molar-refractivity contribution in [3.8, 4) is 22.9 Å². The third-order valence-corrected chi connectivity index (χ3v) is 4.63. The molecular formula is C24H21N5OS. The van der Waals surface area contributed by atoms with E-state index in [9.17, 15) is 0 Å². The van der Waals surface area contributed by atoms with E-state index in [0.717, 1.165) is 34.9 Å². The number of rotatable bonds is 6. The smallest absolute Gasteiger partial charge is 0.228 e. The first-order valence-corrected chi connectivity index (χ1v) is 10.3. The predicted molar refractivity (Wildman–Crippen MR) is 127 cm³/mol. The van der Waals surface area contributed by atoms with Crippen molar-refractivity contribution in [1.29, 1.82) is 0 Å². The summed E-state index contributed by atoms with van der Waals surface area (Å²) in [4.78, 5) is 13.2. The van der Waals surface area contributed by atoms with Crippen LogP contribution in [0.3, 0.4) is 0 Å². The van der Waals surface area contributed by atoms with Crippen LogP contribution in [0.15, 0.2) is 85.2 Å². The Hall–Kier alpha value is -3.84. The van der Waals surface area contributed by atoms with Gasteiger partial charge < -0.3 is 15.4 Å². The van der Waals surface area contributed by atoms with E-state index in [1.807, 2.05) is 79.7 Å². The van der Waals surface area contributed by atoms with Crippen molar-refractivity contribution in [1.82, 2.24) is 15.0 Å². The Morgan fingerprint density at radius 2 is 1.58 bits per heavy atom. The molecule has 2 heterocycles. The summed E-state index contributed by atoms with van der Waals surface area (Å²) in [5.41, 5.74) is 3.38. The molecule has 4 aromatic rings. The van der Waals surface area contributed by atoms with Crippen LogP contribution in [-0.2, 0) is 6.42 Å². The number of aromatic nitrogens is 3. The third kappa shape index (κ3) is 5.40. The van der Waals surface area contributed by atoms with E-state index in [2.05, 4.69) is 25.6 Å². The van der Waals surface area contributed by atoms with Crippen molar-refractivity contribution in [2.45, 2.75) is 13.3 Å². The third-order valence-electron chi connectivity index (χ3n) is 4.43. The van der Waals surface area contributed by atoms with Gasteiger partial charge in [-0.3, -0.25) is 0 Å². The zero-order valence-electron chi connectivity index (χ0n) is 16.9. The number of pyridine rings is 1. The Labute approximate surface area is 186 Å². The molecule has 7 heteroatoms. The molecule has 0 atom stereocenters. The van der Waals surface area contributed by atoms with Gasteiger partial charge >= 0.3 is 0 Å². The fourth-order valence-electron chi connectivity index (χ4n) is 2.92. The van der Waals surface area contributed by atoms with Gasteiger partial charge in [0.05, 0.1) is 11.3 Å². The second-order valence-electron chi connectivity index (χ2n) is 6.64. The van der Waals surface area contributed by atoms with Crippen LogP contribution < -0.4 is 15.4 Å². The van der Waals surface area contributed by atoms with Crippen LogP contribution in [0, 0.1) is 0 Å². The number of hydrogen-bond acceptors (Lipinski definition) is 5. The monoisotopic (exact) mass is 427 g/mol. The molecule has 0 unspecified atom stereocenters. The van der Waals surface area contributed by atoms with Crippen molar-refractivity contribution in [2.75, 3.05) is 10.6 Å². The normalized spacial score (nSPS) is 10.4. The highest BCUT2D eigenvalue weighted by atomic mass is 32.1. The molecule has 31 heavy (non-hydrogen) atoms. The van der Waals surface area contributed by atoms with E-state index in [1.165, 1.54) is 0 Å². The first-order chi connectivity index (χ1) is 15.2. The van der Waals surface area contributed by atoms with Crippen LogP contribution >= 0.6 is 12.2 Å². The van der Waals surface area contributed by atoms with Crippen molar-refractivity contribution in [3.63, 3.8) is 0 Å². The number of aryl methyl sites for hydroxylation is 1. The van der Waals surface area contributed by atoms with E-state index in [4.69, 9.17) is 17.0 Å². The predicted octanol–water partition coefficient (Wildman–Crippen LogP) is 5.70. The molecule has 0 fully saturated rings. The van der Waals surface area contributed by atoms with Crippen LogP contribution in [0.1, 0.15) is 12.7 Å². The Bertz CT molecular complexity index is 1170. The summed E-state index contributed by atoms with van der Waals surface area (Å²) in [5, 5.41) is 6.83. The lowest BCUT2D eigenvalue weighted by Gasteiger charge is -2.12. The number of anilines is 2. The summed E-state index contributed by atoms with van der Waals surface area (Å²) in [6.07, 6.45) is 4.22. The van der Waals surface area contributed by atoms with Crippen LogP contribution in [0.5, 0.6) is 11.6 Å². The molecule has 154 valence electrons. The van der Waals surface area contributed by atoms with Crippen LogP contribution in [0.2, 0.25) is 0 Å². The molecule has 0 bridgehead atoms. The summed E-state index contributed by atoms with van der Waals surface area (Å²) in [5.74, 6) is 1.94. The summed E-state index contributed by atoms with van der Waals surface area (Å²) >= 11 is 5.37. The van der Waals surface area contributed by atoms with Crippen LogP contribution in [0.4, 0.5) is 11.4 Å². The fraction of sp³-hybridized carbons (Fsp3) is 0.0833. The summed E-state index contributed by atoms with van der Waals surface area (Å²) < 4.78 is 6.05. The number of nitrogens with zero attached hydrogens (tertiary/aromatic N) is 3. The van der Waals surface area contributed by atoms with Crippen molar-refractivity contribution in [2.24, 2.45) is 0 Å². The molecule has 0 spiro atoms. The molecule has 2 aromatic heterocycles. The van der Waals surface area contributed by atoms with Gasteiger partial charge in [0.25, 0.3) is 0 Å². The van der Waals surface area contributed by atoms with E-state index in [0.29, 0.717) is 16.7 Å². The Morgan fingerprint density at radius 3 is 2.32 bits per heavy atom. The van der Waals surface area contributed by atoms with E-state index >= 15 is 0 Å². The minimum Gasteiger partial charge on any atom is -0.438 e. The minimum absolute atomic E-state index is 0.491. The lowest BCUT2D eigenvalue weighted by Crippen LogP contribution is -2.18. The molecular weight excluding hydrogens is 406 g/mol. The molecule has 2 N–H and O–H groups in total. The van der Waals surface area contributed by atoms with Crippen LogP contribution in [0.25, 0.3) is 11.3 Å². The Balaban J connectivity index is 1.45. The molecule has 0 radical (unpaired) electrons. The fourth-order valence-corrected chi connectivity index (χ4v) is 3.16. The molecule has 0 amide bonds. The largest absolute Gasteiger partial charge is 0.438 e. The maximum absolute atomic E-state index is 6.05. The highest BCUT2D eigenvalue weighted by Gasteiger charge is 2.11. The summed E-state index contributed by atoms with van der Waals surface area (Å²) in [6, 6.07) is 23.0. The van der Waals surface area contributed by atoms with Gasteiger partial charge in [-0.15, -0.1) is 0 Å². The zero-order chi connectivity index (χ0) is 21.5. The van der Waals surface area contributed by atoms with Gasteiger partial charge in [-0.05, 0) is 66.8 Å². The van der Waals surface area contributed by atoms with E-state index in [-0.39, 0.29) is 0 Å². The summed E-state index contributed by atoms with van der Waals surface area (Å²) in [7, 11) is 0. The molecule has 0 saturated carbocycles. The van der Waals surface area contributed by atoms with E-state index < -0.39 is 0 Å². The molecule has 0 aliphatic rings. The van der Waals surface area contributed by atoms with Gasteiger partial charge in [0.1, 0.15) is 11.6 Å². The SMILES string of the molecule is CCc1nccc(-c2cccnc2Oc2ccc(NC(=S)Nc3ccccc3)cc2)n1. The van der Waals surface area contributed by atoms with Gasteiger partial charge in [0.15, 0.2) is 5.11 Å². The van der Waals surface area contributed by atoms with Crippen molar-refractivity contribution in [3.05, 3.63) is 91.0 Å². The maximum atomic E-state index is 6.05. The number of thiocarbonyl (C=S) groups is 1. The second-order valence-corrected chi connectivity index (χ2v) is 7.05. The highest BCUT2D eigenvalue weighted by molar-refractivity contribution is 7.80. The van der Waals surface area contributed by atoms with Gasteiger partial charge in [-0.25, -0.2) is 15.0 Å². The van der Waals surface area contributed by atoms with Gasteiger partial charge in [-0.2, -0.15) is 0 Å². The number of para-hydroxylation sites is 1. The van der Waals surface area contributed by atoms with Crippen molar-refractivity contribution < 1.29 is 4.74 Å². The molecule has 4 rings (SSSR count).